The van der Waals surface area contributed by atoms with Gasteiger partial charge in [-0.3, -0.25) is 0 Å². The summed E-state index contributed by atoms with van der Waals surface area (Å²) in [5.41, 5.74) is 0.421. The van der Waals surface area contributed by atoms with Crippen molar-refractivity contribution in [3.63, 3.8) is 0 Å². The molecule has 0 bridgehead atoms. The van der Waals surface area contributed by atoms with E-state index in [4.69, 9.17) is 16.3 Å². The van der Waals surface area contributed by atoms with Crippen LogP contribution in [0.15, 0.2) is 0 Å². The molecule has 1 aliphatic rings. The van der Waals surface area contributed by atoms with Crippen LogP contribution in [-0.2, 0) is 4.74 Å². The van der Waals surface area contributed by atoms with Crippen LogP contribution in [0.25, 0.3) is 0 Å². The predicted molar refractivity (Wildman–Crippen MR) is 57.3 cm³/mol. The van der Waals surface area contributed by atoms with Crippen molar-refractivity contribution in [2.24, 2.45) is 5.41 Å². The molecule has 0 unspecified atom stereocenters. The van der Waals surface area contributed by atoms with E-state index in [1.165, 1.54) is 19.3 Å². The van der Waals surface area contributed by atoms with E-state index in [1.807, 2.05) is 0 Å². The van der Waals surface area contributed by atoms with E-state index in [2.05, 4.69) is 20.8 Å². The molecule has 0 N–H and O–H groups in total. The Bertz CT molecular complexity index is 150. The van der Waals surface area contributed by atoms with Crippen LogP contribution in [0.5, 0.6) is 0 Å². The molecular weight excluding hydrogens is 184 g/mol. The highest BCUT2D eigenvalue weighted by molar-refractivity contribution is 6.18. The lowest BCUT2D eigenvalue weighted by Gasteiger charge is -2.40. The van der Waals surface area contributed by atoms with Crippen molar-refractivity contribution in [3.05, 3.63) is 0 Å². The fourth-order valence-electron chi connectivity index (χ4n) is 1.70. The van der Waals surface area contributed by atoms with E-state index in [-0.39, 0.29) is 5.60 Å². The smallest absolute Gasteiger partial charge is 0.0598 e. The molecule has 1 aliphatic carbocycles. The van der Waals surface area contributed by atoms with Crippen molar-refractivity contribution in [1.82, 2.24) is 0 Å². The Morgan fingerprint density at radius 1 is 1.31 bits per heavy atom. The van der Waals surface area contributed by atoms with Gasteiger partial charge in [-0.05, 0) is 45.4 Å². The van der Waals surface area contributed by atoms with Gasteiger partial charge in [-0.15, -0.1) is 11.6 Å². The normalized spacial score (nSPS) is 21.2. The first-order valence-corrected chi connectivity index (χ1v) is 5.71. The Balaban J connectivity index is 2.18. The first-order chi connectivity index (χ1) is 5.97. The van der Waals surface area contributed by atoms with Crippen LogP contribution in [-0.4, -0.2) is 18.1 Å². The van der Waals surface area contributed by atoms with E-state index in [0.717, 1.165) is 18.9 Å². The molecule has 1 saturated carbocycles. The Morgan fingerprint density at radius 2 is 1.92 bits per heavy atom. The third-order valence-corrected chi connectivity index (χ3v) is 3.43. The second-order valence-corrected chi connectivity index (χ2v) is 5.47. The highest BCUT2D eigenvalue weighted by atomic mass is 35.5. The average Bonchev–Trinajstić information content (AvgIpc) is 1.92. The lowest BCUT2D eigenvalue weighted by atomic mass is 9.68. The molecule has 0 atom stereocenters. The van der Waals surface area contributed by atoms with Crippen LogP contribution in [0.3, 0.4) is 0 Å². The predicted octanol–water partition coefficient (Wildman–Crippen LogP) is 3.60. The van der Waals surface area contributed by atoms with E-state index in [1.54, 1.807) is 0 Å². The molecule has 2 heteroatoms. The lowest BCUT2D eigenvalue weighted by molar-refractivity contribution is -0.0267. The zero-order valence-corrected chi connectivity index (χ0v) is 9.78. The molecule has 0 heterocycles. The van der Waals surface area contributed by atoms with Gasteiger partial charge in [0, 0.05) is 12.5 Å². The molecule has 13 heavy (non-hydrogen) atoms. The van der Waals surface area contributed by atoms with Gasteiger partial charge in [0.2, 0.25) is 0 Å². The Hall–Kier alpha value is 0.250. The van der Waals surface area contributed by atoms with Crippen LogP contribution >= 0.6 is 11.6 Å². The van der Waals surface area contributed by atoms with E-state index in [0.29, 0.717) is 5.41 Å². The van der Waals surface area contributed by atoms with Crippen LogP contribution < -0.4 is 0 Å². The second-order valence-electron chi connectivity index (χ2n) is 5.20. The molecule has 0 spiro atoms. The molecule has 0 radical (unpaired) electrons. The molecule has 0 aromatic rings. The van der Waals surface area contributed by atoms with Gasteiger partial charge in [-0.1, -0.05) is 6.42 Å². The molecule has 1 nitrogen and oxygen atoms in total. The zero-order chi connectivity index (χ0) is 9.95. The summed E-state index contributed by atoms with van der Waals surface area (Å²) in [5.74, 6) is 0.806. The van der Waals surface area contributed by atoms with Gasteiger partial charge in [-0.25, -0.2) is 0 Å². The molecule has 0 aromatic heterocycles. The van der Waals surface area contributed by atoms with Gasteiger partial charge in [0.05, 0.1) is 5.60 Å². The summed E-state index contributed by atoms with van der Waals surface area (Å²) in [5, 5.41) is 0. The summed E-state index contributed by atoms with van der Waals surface area (Å²) < 4.78 is 5.70. The minimum absolute atomic E-state index is 0.00273. The van der Waals surface area contributed by atoms with E-state index < -0.39 is 0 Å². The maximum absolute atomic E-state index is 5.95. The number of alkyl halides is 1. The largest absolute Gasteiger partial charge is 0.376 e. The van der Waals surface area contributed by atoms with Crippen molar-refractivity contribution in [1.29, 1.82) is 0 Å². The SMILES string of the molecule is CC(C)(C)OCCC1(CCl)CCC1. The summed E-state index contributed by atoms with van der Waals surface area (Å²) in [4.78, 5) is 0. The number of halogens is 1. The van der Waals surface area contributed by atoms with Gasteiger partial charge in [0.25, 0.3) is 0 Å². The summed E-state index contributed by atoms with van der Waals surface area (Å²) in [6, 6.07) is 0. The van der Waals surface area contributed by atoms with Crippen molar-refractivity contribution in [2.75, 3.05) is 12.5 Å². The standard InChI is InChI=1S/C11H21ClO/c1-10(2,3)13-8-7-11(9-12)5-4-6-11/h4-9H2,1-3H3. The fourth-order valence-corrected chi connectivity index (χ4v) is 2.10. The maximum Gasteiger partial charge on any atom is 0.0598 e. The molecule has 0 saturated heterocycles. The minimum atomic E-state index is -0.00273. The topological polar surface area (TPSA) is 9.23 Å². The number of hydrogen-bond donors (Lipinski definition) is 0. The number of hydrogen-bond acceptors (Lipinski definition) is 1. The number of ether oxygens (including phenoxy) is 1. The van der Waals surface area contributed by atoms with Gasteiger partial charge < -0.3 is 4.74 Å². The molecular formula is C11H21ClO. The quantitative estimate of drug-likeness (QED) is 0.636. The Kier molecular flexibility index (Phi) is 3.64. The van der Waals surface area contributed by atoms with Crippen LogP contribution in [0.1, 0.15) is 46.5 Å². The van der Waals surface area contributed by atoms with E-state index in [9.17, 15) is 0 Å². The molecule has 0 amide bonds. The van der Waals surface area contributed by atoms with Gasteiger partial charge in [0.15, 0.2) is 0 Å². The van der Waals surface area contributed by atoms with Gasteiger partial charge in [-0.2, -0.15) is 0 Å². The summed E-state index contributed by atoms with van der Waals surface area (Å²) in [6.07, 6.45) is 5.07. The minimum Gasteiger partial charge on any atom is -0.376 e. The summed E-state index contributed by atoms with van der Waals surface area (Å²) >= 11 is 5.95. The zero-order valence-electron chi connectivity index (χ0n) is 9.03. The monoisotopic (exact) mass is 204 g/mol. The van der Waals surface area contributed by atoms with Gasteiger partial charge in [0.1, 0.15) is 0 Å². The van der Waals surface area contributed by atoms with Crippen LogP contribution in [0, 0.1) is 5.41 Å². The van der Waals surface area contributed by atoms with E-state index >= 15 is 0 Å². The van der Waals surface area contributed by atoms with Crippen molar-refractivity contribution in [2.45, 2.75) is 52.1 Å². The first-order valence-electron chi connectivity index (χ1n) is 5.17. The highest BCUT2D eigenvalue weighted by Crippen LogP contribution is 2.44. The second kappa shape index (κ2) is 4.18. The van der Waals surface area contributed by atoms with Crippen molar-refractivity contribution in [3.8, 4) is 0 Å². The van der Waals surface area contributed by atoms with Crippen LogP contribution in [0.2, 0.25) is 0 Å². The fraction of sp³-hybridized carbons (Fsp3) is 1.00. The summed E-state index contributed by atoms with van der Waals surface area (Å²) in [6.45, 7) is 7.15. The molecule has 1 rings (SSSR count). The molecule has 0 aliphatic heterocycles. The Morgan fingerprint density at radius 3 is 2.23 bits per heavy atom. The third-order valence-electron chi connectivity index (χ3n) is 2.87. The van der Waals surface area contributed by atoms with Crippen molar-refractivity contribution >= 4 is 11.6 Å². The molecule has 0 aromatic carbocycles. The average molecular weight is 205 g/mol. The number of rotatable bonds is 4. The highest BCUT2D eigenvalue weighted by Gasteiger charge is 2.35. The summed E-state index contributed by atoms with van der Waals surface area (Å²) in [7, 11) is 0. The lowest BCUT2D eigenvalue weighted by Crippen LogP contribution is -2.33. The maximum atomic E-state index is 5.95. The third kappa shape index (κ3) is 3.47. The van der Waals surface area contributed by atoms with Gasteiger partial charge >= 0.3 is 0 Å². The first kappa shape index (κ1) is 11.3. The Labute approximate surface area is 86.8 Å². The van der Waals surface area contributed by atoms with Crippen LogP contribution in [0.4, 0.5) is 0 Å². The van der Waals surface area contributed by atoms with Crippen molar-refractivity contribution < 1.29 is 4.74 Å². The molecule has 1 fully saturated rings. The molecule has 78 valence electrons.